The van der Waals surface area contributed by atoms with Crippen LogP contribution in [0.3, 0.4) is 0 Å². The van der Waals surface area contributed by atoms with Crippen LogP contribution in [0.15, 0.2) is 0 Å². The lowest BCUT2D eigenvalue weighted by molar-refractivity contribution is -0.146. The van der Waals surface area contributed by atoms with E-state index in [1.54, 1.807) is 0 Å². The Morgan fingerprint density at radius 1 is 1.40 bits per heavy atom. The largest absolute Gasteiger partial charge is 0.481 e. The van der Waals surface area contributed by atoms with Crippen LogP contribution in [0.4, 0.5) is 0 Å². The van der Waals surface area contributed by atoms with Gasteiger partial charge in [0.05, 0.1) is 17.6 Å². The first-order valence-electron chi connectivity index (χ1n) is 7.50. The number of carbonyl (C=O) groups excluding carboxylic acids is 1. The van der Waals surface area contributed by atoms with E-state index in [2.05, 4.69) is 5.32 Å². The molecule has 0 aromatic carbocycles. The van der Waals surface area contributed by atoms with Gasteiger partial charge in [-0.2, -0.15) is 0 Å². The molecule has 0 radical (unpaired) electrons. The Morgan fingerprint density at radius 2 is 2.10 bits per heavy atom. The van der Waals surface area contributed by atoms with Crippen LogP contribution in [0.25, 0.3) is 0 Å². The van der Waals surface area contributed by atoms with E-state index < -0.39 is 17.4 Å². The number of carboxylic acids is 1. The fourth-order valence-electron chi connectivity index (χ4n) is 2.81. The van der Waals surface area contributed by atoms with Gasteiger partial charge in [-0.25, -0.2) is 0 Å². The zero-order chi connectivity index (χ0) is 15.2. The van der Waals surface area contributed by atoms with E-state index in [0.717, 1.165) is 19.3 Å². The van der Waals surface area contributed by atoms with E-state index in [0.29, 0.717) is 25.9 Å². The number of amides is 1. The van der Waals surface area contributed by atoms with Gasteiger partial charge in [0.25, 0.3) is 0 Å². The maximum atomic E-state index is 12.0. The van der Waals surface area contributed by atoms with Crippen LogP contribution in [0, 0.1) is 5.92 Å². The number of rotatable bonds is 7. The first kappa shape index (κ1) is 17.0. The highest BCUT2D eigenvalue weighted by atomic mass is 16.5. The highest BCUT2D eigenvalue weighted by Crippen LogP contribution is 2.33. The second kappa shape index (κ2) is 7.62. The highest BCUT2D eigenvalue weighted by molar-refractivity contribution is 5.79. The van der Waals surface area contributed by atoms with Crippen LogP contribution in [-0.4, -0.2) is 35.2 Å². The lowest BCUT2D eigenvalue weighted by atomic mass is 9.74. The Labute approximate surface area is 121 Å². The number of ether oxygens (including phenoxy) is 1. The molecule has 116 valence electrons. The smallest absolute Gasteiger partial charge is 0.308 e. The summed E-state index contributed by atoms with van der Waals surface area (Å²) in [6, 6.07) is 0. The summed E-state index contributed by atoms with van der Waals surface area (Å²) in [6.45, 7) is 6.33. The van der Waals surface area contributed by atoms with Gasteiger partial charge in [0.2, 0.25) is 5.91 Å². The molecule has 20 heavy (non-hydrogen) atoms. The normalized spacial score (nSPS) is 26.5. The summed E-state index contributed by atoms with van der Waals surface area (Å²) in [5.41, 5.74) is -0.611. The van der Waals surface area contributed by atoms with Crippen LogP contribution < -0.4 is 5.32 Å². The summed E-state index contributed by atoms with van der Waals surface area (Å²) in [5.74, 6) is -1.37. The Balaban J connectivity index is 2.43. The molecule has 0 aromatic heterocycles. The third-order valence-corrected chi connectivity index (χ3v) is 3.93. The summed E-state index contributed by atoms with van der Waals surface area (Å²) < 4.78 is 5.39. The average molecular weight is 285 g/mol. The Bertz CT molecular complexity index is 343. The van der Waals surface area contributed by atoms with E-state index in [-0.39, 0.29) is 12.0 Å². The van der Waals surface area contributed by atoms with E-state index in [1.165, 1.54) is 0 Å². The van der Waals surface area contributed by atoms with Gasteiger partial charge < -0.3 is 15.2 Å². The zero-order valence-electron chi connectivity index (χ0n) is 12.8. The van der Waals surface area contributed by atoms with Crippen molar-refractivity contribution in [2.45, 2.75) is 70.9 Å². The molecule has 1 aliphatic carbocycles. The summed E-state index contributed by atoms with van der Waals surface area (Å²) >= 11 is 0. The van der Waals surface area contributed by atoms with Gasteiger partial charge in [-0.15, -0.1) is 0 Å². The van der Waals surface area contributed by atoms with Crippen LogP contribution in [0.2, 0.25) is 0 Å². The van der Waals surface area contributed by atoms with Gasteiger partial charge in [-0.3, -0.25) is 9.59 Å². The molecule has 0 aliphatic heterocycles. The van der Waals surface area contributed by atoms with Crippen molar-refractivity contribution in [3.05, 3.63) is 0 Å². The molecule has 5 heteroatoms. The first-order chi connectivity index (χ1) is 9.35. The fraction of sp³-hybridized carbons (Fsp3) is 0.867. The second-order valence-corrected chi connectivity index (χ2v) is 6.13. The molecule has 1 rings (SSSR count). The molecule has 0 heterocycles. The van der Waals surface area contributed by atoms with E-state index >= 15 is 0 Å². The van der Waals surface area contributed by atoms with E-state index in [1.807, 2.05) is 20.8 Å². The summed E-state index contributed by atoms with van der Waals surface area (Å²) in [4.78, 5) is 23.3. The number of hydrogen-bond donors (Lipinski definition) is 2. The van der Waals surface area contributed by atoms with Gasteiger partial charge in [0.1, 0.15) is 0 Å². The molecule has 1 saturated carbocycles. The molecule has 2 N–H and O–H groups in total. The van der Waals surface area contributed by atoms with Crippen molar-refractivity contribution in [3.8, 4) is 0 Å². The van der Waals surface area contributed by atoms with Crippen LogP contribution in [-0.2, 0) is 14.3 Å². The quantitative estimate of drug-likeness (QED) is 0.704. The Morgan fingerprint density at radius 3 is 2.70 bits per heavy atom. The van der Waals surface area contributed by atoms with Gasteiger partial charge in [-0.1, -0.05) is 12.8 Å². The predicted molar refractivity (Wildman–Crippen MR) is 76.5 cm³/mol. The standard InChI is InChI=1S/C15H27NO4/c1-11(2)20-10-6-8-13(17)16-15(3)9-5-4-7-12(15)14(18)19/h11-12H,4-10H2,1-3H3,(H,16,17)(H,18,19). The molecular formula is C15H27NO4. The molecule has 1 fully saturated rings. The minimum absolute atomic E-state index is 0.0759. The summed E-state index contributed by atoms with van der Waals surface area (Å²) in [5, 5.41) is 12.2. The third kappa shape index (κ3) is 5.12. The first-order valence-corrected chi connectivity index (χ1v) is 7.50. The monoisotopic (exact) mass is 285 g/mol. The number of aliphatic carboxylic acids is 1. The number of hydrogen-bond acceptors (Lipinski definition) is 3. The summed E-state index contributed by atoms with van der Waals surface area (Å²) in [7, 11) is 0. The minimum atomic E-state index is -0.810. The average Bonchev–Trinajstić information content (AvgIpc) is 2.34. The van der Waals surface area contributed by atoms with Crippen molar-refractivity contribution in [2.24, 2.45) is 5.92 Å². The molecule has 0 aromatic rings. The van der Waals surface area contributed by atoms with Gasteiger partial charge >= 0.3 is 5.97 Å². The molecule has 0 bridgehead atoms. The minimum Gasteiger partial charge on any atom is -0.481 e. The van der Waals surface area contributed by atoms with Crippen LogP contribution in [0.1, 0.15) is 59.3 Å². The predicted octanol–water partition coefficient (Wildman–Crippen LogP) is 2.34. The molecular weight excluding hydrogens is 258 g/mol. The number of carbonyl (C=O) groups is 2. The van der Waals surface area contributed by atoms with Gasteiger partial charge in [0.15, 0.2) is 0 Å². The fourth-order valence-corrected chi connectivity index (χ4v) is 2.81. The van der Waals surface area contributed by atoms with Crippen molar-refractivity contribution in [1.29, 1.82) is 0 Å². The molecule has 0 spiro atoms. The van der Waals surface area contributed by atoms with Crippen molar-refractivity contribution in [3.63, 3.8) is 0 Å². The topological polar surface area (TPSA) is 75.6 Å². The SMILES string of the molecule is CC(C)OCCCC(=O)NC1(C)CCCCC1C(=O)O. The molecule has 2 unspecified atom stereocenters. The Hall–Kier alpha value is -1.10. The van der Waals surface area contributed by atoms with E-state index in [9.17, 15) is 14.7 Å². The zero-order valence-corrected chi connectivity index (χ0v) is 12.8. The van der Waals surface area contributed by atoms with Crippen molar-refractivity contribution in [1.82, 2.24) is 5.32 Å². The van der Waals surface area contributed by atoms with Crippen molar-refractivity contribution >= 4 is 11.9 Å². The van der Waals surface area contributed by atoms with Crippen LogP contribution in [0.5, 0.6) is 0 Å². The second-order valence-electron chi connectivity index (χ2n) is 6.13. The molecule has 0 saturated heterocycles. The highest BCUT2D eigenvalue weighted by Gasteiger charge is 2.41. The van der Waals surface area contributed by atoms with Gasteiger partial charge in [-0.05, 0) is 40.0 Å². The molecule has 2 atom stereocenters. The van der Waals surface area contributed by atoms with Crippen molar-refractivity contribution < 1.29 is 19.4 Å². The lowest BCUT2D eigenvalue weighted by Gasteiger charge is -2.39. The van der Waals surface area contributed by atoms with E-state index in [4.69, 9.17) is 4.74 Å². The molecule has 1 amide bonds. The number of nitrogens with one attached hydrogen (secondary N) is 1. The molecule has 5 nitrogen and oxygen atoms in total. The Kier molecular flexibility index (Phi) is 6.46. The van der Waals surface area contributed by atoms with Crippen molar-refractivity contribution in [2.75, 3.05) is 6.61 Å². The third-order valence-electron chi connectivity index (χ3n) is 3.93. The molecule has 1 aliphatic rings. The maximum Gasteiger partial charge on any atom is 0.308 e. The van der Waals surface area contributed by atoms with Gasteiger partial charge in [0, 0.05) is 13.0 Å². The maximum absolute atomic E-state index is 12.0. The summed E-state index contributed by atoms with van der Waals surface area (Å²) in [6.07, 6.45) is 4.49. The van der Waals surface area contributed by atoms with Crippen LogP contribution >= 0.6 is 0 Å². The lowest BCUT2D eigenvalue weighted by Crippen LogP contribution is -2.55. The number of carboxylic acid groups (broad SMARTS) is 1.